The van der Waals surface area contributed by atoms with Gasteiger partial charge in [-0.1, -0.05) is 22.9 Å². The van der Waals surface area contributed by atoms with Crippen LogP contribution in [0.15, 0.2) is 0 Å². The lowest BCUT2D eigenvalue weighted by Crippen LogP contribution is -2.44. The normalized spacial score (nSPS) is 23.2. The van der Waals surface area contributed by atoms with E-state index in [1.807, 2.05) is 0 Å². The Balaban J connectivity index is 2.48. The fraction of sp³-hybridized carbons (Fsp3) is 0.900. The Morgan fingerprint density at radius 2 is 2.31 bits per heavy atom. The predicted molar refractivity (Wildman–Crippen MR) is 58.1 cm³/mol. The van der Waals surface area contributed by atoms with Gasteiger partial charge in [0.2, 0.25) is 5.91 Å². The van der Waals surface area contributed by atoms with Crippen LogP contribution in [0.25, 0.3) is 0 Å². The van der Waals surface area contributed by atoms with Gasteiger partial charge in [-0.3, -0.25) is 4.79 Å². The number of nitrogens with zero attached hydrogens (tertiary/aromatic N) is 1. The number of carbonyl (C=O) groups excluding carboxylic acids is 1. The van der Waals surface area contributed by atoms with Crippen LogP contribution in [0.3, 0.4) is 0 Å². The van der Waals surface area contributed by atoms with Gasteiger partial charge >= 0.3 is 0 Å². The van der Waals surface area contributed by atoms with E-state index < -0.39 is 0 Å². The van der Waals surface area contributed by atoms with Crippen molar-refractivity contribution in [1.82, 2.24) is 4.90 Å². The number of alkyl halides is 1. The van der Waals surface area contributed by atoms with Crippen LogP contribution in [-0.4, -0.2) is 28.7 Å². The minimum atomic E-state index is 0.339. The molecule has 1 unspecified atom stereocenters. The smallest absolute Gasteiger partial charge is 0.222 e. The van der Waals surface area contributed by atoms with Crippen LogP contribution in [0.1, 0.15) is 39.0 Å². The maximum atomic E-state index is 11.7. The summed E-state index contributed by atoms with van der Waals surface area (Å²) in [7, 11) is 0. The minimum absolute atomic E-state index is 0.339. The van der Waals surface area contributed by atoms with Crippen molar-refractivity contribution in [3.05, 3.63) is 0 Å². The molecule has 1 aliphatic rings. The van der Waals surface area contributed by atoms with Crippen molar-refractivity contribution in [1.29, 1.82) is 0 Å². The van der Waals surface area contributed by atoms with Crippen molar-refractivity contribution in [2.45, 2.75) is 45.1 Å². The second-order valence-corrected chi connectivity index (χ2v) is 4.29. The highest BCUT2D eigenvalue weighted by atomic mass is 79.9. The number of rotatable bonds is 3. The van der Waals surface area contributed by atoms with E-state index in [1.54, 1.807) is 0 Å². The Labute approximate surface area is 88.8 Å². The predicted octanol–water partition coefficient (Wildman–Crippen LogP) is 2.56. The second kappa shape index (κ2) is 5.63. The number of hydrogen-bond acceptors (Lipinski definition) is 1. The van der Waals surface area contributed by atoms with Crippen molar-refractivity contribution in [2.24, 2.45) is 0 Å². The number of likely N-dealkylation sites (tertiary alicyclic amines) is 1. The number of hydrogen-bond donors (Lipinski definition) is 0. The molecule has 1 heterocycles. The molecule has 0 spiro atoms. The quantitative estimate of drug-likeness (QED) is 0.703. The van der Waals surface area contributed by atoms with Gasteiger partial charge in [-0.25, -0.2) is 0 Å². The molecule has 0 radical (unpaired) electrons. The Hall–Kier alpha value is -0.0500. The van der Waals surface area contributed by atoms with Gasteiger partial charge in [0.15, 0.2) is 0 Å². The van der Waals surface area contributed by atoms with Gasteiger partial charge in [0.25, 0.3) is 0 Å². The van der Waals surface area contributed by atoms with Gasteiger partial charge in [0.05, 0.1) is 0 Å². The van der Waals surface area contributed by atoms with Gasteiger partial charge in [-0.15, -0.1) is 0 Å². The molecule has 0 aliphatic carbocycles. The summed E-state index contributed by atoms with van der Waals surface area (Å²) in [5.74, 6) is 0.339. The Bertz CT molecular complexity index is 172. The van der Waals surface area contributed by atoms with Gasteiger partial charge in [-0.2, -0.15) is 0 Å². The van der Waals surface area contributed by atoms with E-state index >= 15 is 0 Å². The molecule has 1 fully saturated rings. The fourth-order valence-corrected chi connectivity index (χ4v) is 2.52. The average molecular weight is 248 g/mol. The van der Waals surface area contributed by atoms with Crippen LogP contribution in [0.2, 0.25) is 0 Å². The van der Waals surface area contributed by atoms with E-state index in [0.29, 0.717) is 18.4 Å². The van der Waals surface area contributed by atoms with Gasteiger partial charge in [0, 0.05) is 24.3 Å². The van der Waals surface area contributed by atoms with Crippen molar-refractivity contribution in [3.63, 3.8) is 0 Å². The van der Waals surface area contributed by atoms with Crippen molar-refractivity contribution >= 4 is 21.8 Å². The summed E-state index contributed by atoms with van der Waals surface area (Å²) in [6, 6.07) is 0.452. The number of piperidine rings is 1. The topological polar surface area (TPSA) is 20.3 Å². The molecule has 2 nitrogen and oxygen atoms in total. The second-order valence-electron chi connectivity index (χ2n) is 3.64. The summed E-state index contributed by atoms with van der Waals surface area (Å²) in [6.07, 6.45) is 5.29. The highest BCUT2D eigenvalue weighted by Gasteiger charge is 2.24. The average Bonchev–Trinajstić information content (AvgIpc) is 2.18. The molecule has 1 aliphatic heterocycles. The molecule has 76 valence electrons. The monoisotopic (exact) mass is 247 g/mol. The molecule has 1 amide bonds. The lowest BCUT2D eigenvalue weighted by Gasteiger charge is -2.34. The summed E-state index contributed by atoms with van der Waals surface area (Å²) < 4.78 is 0. The van der Waals surface area contributed by atoms with E-state index in [4.69, 9.17) is 0 Å². The summed E-state index contributed by atoms with van der Waals surface area (Å²) >= 11 is 3.48. The lowest BCUT2D eigenvalue weighted by molar-refractivity contribution is -0.134. The van der Waals surface area contributed by atoms with E-state index in [2.05, 4.69) is 27.8 Å². The maximum absolute atomic E-state index is 11.7. The highest BCUT2D eigenvalue weighted by Crippen LogP contribution is 2.19. The van der Waals surface area contributed by atoms with E-state index in [-0.39, 0.29) is 0 Å². The number of halogens is 1. The van der Waals surface area contributed by atoms with Gasteiger partial charge < -0.3 is 4.90 Å². The molecule has 1 saturated heterocycles. The molecule has 13 heavy (non-hydrogen) atoms. The first-order valence-corrected chi connectivity index (χ1v) is 6.27. The Morgan fingerprint density at radius 3 is 2.92 bits per heavy atom. The van der Waals surface area contributed by atoms with Crippen LogP contribution >= 0.6 is 15.9 Å². The zero-order valence-corrected chi connectivity index (χ0v) is 9.85. The third kappa shape index (κ3) is 2.97. The first-order chi connectivity index (χ1) is 6.29. The number of amides is 1. The molecule has 0 aromatic carbocycles. The third-order valence-corrected chi connectivity index (χ3v) is 3.34. The first kappa shape index (κ1) is 11.0. The van der Waals surface area contributed by atoms with E-state index in [9.17, 15) is 4.79 Å². The summed E-state index contributed by atoms with van der Waals surface area (Å²) in [4.78, 5) is 13.7. The zero-order chi connectivity index (χ0) is 9.68. The molecular formula is C10H18BrNO. The minimum Gasteiger partial charge on any atom is -0.339 e. The van der Waals surface area contributed by atoms with E-state index in [1.165, 1.54) is 19.3 Å². The van der Waals surface area contributed by atoms with Crippen LogP contribution in [0.4, 0.5) is 0 Å². The van der Waals surface area contributed by atoms with Gasteiger partial charge in [0.1, 0.15) is 0 Å². The largest absolute Gasteiger partial charge is 0.339 e. The molecule has 3 heteroatoms. The third-order valence-electron chi connectivity index (χ3n) is 2.59. The molecule has 1 rings (SSSR count). The van der Waals surface area contributed by atoms with Crippen LogP contribution in [-0.2, 0) is 4.79 Å². The molecule has 0 N–H and O–H groups in total. The molecule has 1 atom stereocenters. The molecule has 0 aromatic heterocycles. The Kier molecular flexibility index (Phi) is 4.78. The summed E-state index contributed by atoms with van der Waals surface area (Å²) in [5.41, 5.74) is 0. The number of carbonyl (C=O) groups is 1. The van der Waals surface area contributed by atoms with Crippen molar-refractivity contribution in [2.75, 3.05) is 11.9 Å². The fourth-order valence-electron chi connectivity index (χ4n) is 1.85. The highest BCUT2D eigenvalue weighted by molar-refractivity contribution is 9.09. The van der Waals surface area contributed by atoms with Gasteiger partial charge in [-0.05, 0) is 25.7 Å². The molecule has 0 saturated carbocycles. The molecule has 0 aromatic rings. The molecular weight excluding hydrogens is 230 g/mol. The Morgan fingerprint density at radius 1 is 1.54 bits per heavy atom. The summed E-state index contributed by atoms with van der Waals surface area (Å²) in [5, 5.41) is 0.933. The van der Waals surface area contributed by atoms with Crippen molar-refractivity contribution in [3.8, 4) is 0 Å². The van der Waals surface area contributed by atoms with Crippen LogP contribution < -0.4 is 0 Å². The van der Waals surface area contributed by atoms with Crippen LogP contribution in [0, 0.1) is 0 Å². The molecule has 0 bridgehead atoms. The van der Waals surface area contributed by atoms with Crippen molar-refractivity contribution < 1.29 is 4.79 Å². The standard InChI is InChI=1S/C10H18BrNO/c1-2-5-10(13)12-7-4-3-6-9(12)8-11/h9H,2-8H2,1H3. The first-order valence-electron chi connectivity index (χ1n) is 5.15. The van der Waals surface area contributed by atoms with Crippen LogP contribution in [0.5, 0.6) is 0 Å². The zero-order valence-electron chi connectivity index (χ0n) is 8.26. The van der Waals surface area contributed by atoms with E-state index in [0.717, 1.165) is 18.3 Å². The summed E-state index contributed by atoms with van der Waals surface area (Å²) in [6.45, 7) is 3.03. The maximum Gasteiger partial charge on any atom is 0.222 e. The SMILES string of the molecule is CCCC(=O)N1CCCCC1CBr. The lowest BCUT2D eigenvalue weighted by atomic mass is 10.0.